The van der Waals surface area contributed by atoms with Gasteiger partial charge in [-0.2, -0.15) is 0 Å². The highest BCUT2D eigenvalue weighted by Gasteiger charge is 2.30. The van der Waals surface area contributed by atoms with Gasteiger partial charge in [-0.25, -0.2) is 9.59 Å². The Labute approximate surface area is 203 Å². The monoisotopic (exact) mass is 486 g/mol. The average Bonchev–Trinajstić information content (AvgIpc) is 3.36. The summed E-state index contributed by atoms with van der Waals surface area (Å²) in [7, 11) is 0. The summed E-state index contributed by atoms with van der Waals surface area (Å²) in [6.45, 7) is 6.90. The van der Waals surface area contributed by atoms with E-state index in [9.17, 15) is 19.2 Å². The van der Waals surface area contributed by atoms with Crippen LogP contribution in [0, 0.1) is 12.8 Å². The lowest BCUT2D eigenvalue weighted by molar-refractivity contribution is -0.150. The topological polar surface area (TPSA) is 111 Å². The van der Waals surface area contributed by atoms with Crippen LogP contribution in [0.15, 0.2) is 24.3 Å². The van der Waals surface area contributed by atoms with E-state index in [4.69, 9.17) is 9.47 Å². The first-order valence-corrected chi connectivity index (χ1v) is 12.2. The van der Waals surface area contributed by atoms with Gasteiger partial charge in [0.05, 0.1) is 12.2 Å². The van der Waals surface area contributed by atoms with Crippen LogP contribution in [0.2, 0.25) is 0 Å². The highest BCUT2D eigenvalue weighted by molar-refractivity contribution is 7.17. The summed E-state index contributed by atoms with van der Waals surface area (Å²) in [5, 5.41) is 5.79. The van der Waals surface area contributed by atoms with Gasteiger partial charge in [-0.15, -0.1) is 11.3 Å². The average molecular weight is 487 g/mol. The molecule has 1 aromatic heterocycles. The number of carbonyl (C=O) groups is 4. The molecule has 0 spiro atoms. The third-order valence-electron chi connectivity index (χ3n) is 5.52. The zero-order valence-corrected chi connectivity index (χ0v) is 20.7. The van der Waals surface area contributed by atoms with Crippen molar-refractivity contribution in [2.75, 3.05) is 18.5 Å². The molecular weight excluding hydrogens is 456 g/mol. The Kier molecular flexibility index (Phi) is 8.44. The molecule has 2 amide bonds. The fraction of sp³-hybridized carbons (Fsp3) is 0.440. The van der Waals surface area contributed by atoms with E-state index in [1.165, 1.54) is 11.3 Å². The van der Waals surface area contributed by atoms with Crippen molar-refractivity contribution in [1.82, 2.24) is 5.32 Å². The maximum Gasteiger partial charge on any atom is 0.341 e. The summed E-state index contributed by atoms with van der Waals surface area (Å²) < 4.78 is 10.4. The van der Waals surface area contributed by atoms with Crippen molar-refractivity contribution in [3.05, 3.63) is 51.4 Å². The van der Waals surface area contributed by atoms with Crippen molar-refractivity contribution >= 4 is 40.1 Å². The third kappa shape index (κ3) is 6.02. The number of ether oxygens (including phenoxy) is 2. The lowest BCUT2D eigenvalue weighted by atomic mass is 10.0. The standard InChI is InChI=1S/C25H30N2O6S/c1-5-32-24(30)20-17-7-6-8-18(17)34-23(20)26-19(28)13-33-25(31)21(14(2)3)27-22(29)16-11-9-15(4)10-12-16/h9-12,14,21H,5-8,13H2,1-4H3,(H,26,28)(H,27,29). The molecule has 0 bridgehead atoms. The minimum absolute atomic E-state index is 0.235. The summed E-state index contributed by atoms with van der Waals surface area (Å²) in [5.74, 6) is -2.38. The number of aryl methyl sites for hydroxylation is 2. The normalized spacial score (nSPS) is 13.2. The van der Waals surface area contributed by atoms with Crippen LogP contribution < -0.4 is 10.6 Å². The Bertz CT molecular complexity index is 1070. The number of rotatable bonds is 9. The van der Waals surface area contributed by atoms with Crippen molar-refractivity contribution in [1.29, 1.82) is 0 Å². The summed E-state index contributed by atoms with van der Waals surface area (Å²) in [6.07, 6.45) is 2.58. The molecule has 0 saturated carbocycles. The van der Waals surface area contributed by atoms with Crippen LogP contribution in [0.3, 0.4) is 0 Å². The molecule has 0 aliphatic heterocycles. The first-order chi connectivity index (χ1) is 16.2. The van der Waals surface area contributed by atoms with Gasteiger partial charge in [0.1, 0.15) is 11.0 Å². The molecular formula is C25H30N2O6S. The summed E-state index contributed by atoms with van der Waals surface area (Å²) in [4.78, 5) is 51.2. The fourth-order valence-electron chi connectivity index (χ4n) is 3.73. The van der Waals surface area contributed by atoms with Crippen LogP contribution in [0.5, 0.6) is 0 Å². The van der Waals surface area contributed by atoms with Gasteiger partial charge in [0.15, 0.2) is 6.61 Å². The number of benzene rings is 1. The van der Waals surface area contributed by atoms with Crippen LogP contribution in [-0.2, 0) is 31.9 Å². The highest BCUT2D eigenvalue weighted by atomic mass is 32.1. The maximum absolute atomic E-state index is 12.6. The summed E-state index contributed by atoms with van der Waals surface area (Å²) >= 11 is 1.35. The molecule has 9 heteroatoms. The number of carbonyl (C=O) groups excluding carboxylic acids is 4. The second-order valence-corrected chi connectivity index (χ2v) is 9.60. The predicted molar refractivity (Wildman–Crippen MR) is 129 cm³/mol. The number of amides is 2. The van der Waals surface area contributed by atoms with Crippen LogP contribution in [0.4, 0.5) is 5.00 Å². The maximum atomic E-state index is 12.6. The molecule has 0 fully saturated rings. The van der Waals surface area contributed by atoms with E-state index in [0.717, 1.165) is 35.3 Å². The molecule has 2 N–H and O–H groups in total. The van der Waals surface area contributed by atoms with Gasteiger partial charge in [-0.05, 0) is 56.7 Å². The van der Waals surface area contributed by atoms with E-state index in [0.29, 0.717) is 16.1 Å². The van der Waals surface area contributed by atoms with Gasteiger partial charge in [0, 0.05) is 10.4 Å². The smallest absolute Gasteiger partial charge is 0.341 e. The Morgan fingerprint density at radius 1 is 1.06 bits per heavy atom. The molecule has 3 rings (SSSR count). The Morgan fingerprint density at radius 3 is 2.41 bits per heavy atom. The van der Waals surface area contributed by atoms with Gasteiger partial charge in [-0.3, -0.25) is 9.59 Å². The molecule has 2 aromatic rings. The van der Waals surface area contributed by atoms with E-state index >= 15 is 0 Å². The quantitative estimate of drug-likeness (QED) is 0.524. The van der Waals surface area contributed by atoms with Gasteiger partial charge in [0.25, 0.3) is 11.8 Å². The first-order valence-electron chi connectivity index (χ1n) is 11.4. The number of anilines is 1. The fourth-order valence-corrected chi connectivity index (χ4v) is 5.02. The molecule has 34 heavy (non-hydrogen) atoms. The molecule has 1 aromatic carbocycles. The van der Waals surface area contributed by atoms with Crippen molar-refractivity contribution in [3.8, 4) is 0 Å². The molecule has 0 radical (unpaired) electrons. The number of hydrogen-bond acceptors (Lipinski definition) is 7. The Hall–Kier alpha value is -3.20. The summed E-state index contributed by atoms with van der Waals surface area (Å²) in [5.41, 5.74) is 2.77. The van der Waals surface area contributed by atoms with Crippen LogP contribution >= 0.6 is 11.3 Å². The lowest BCUT2D eigenvalue weighted by Crippen LogP contribution is -2.45. The molecule has 1 aliphatic rings. The summed E-state index contributed by atoms with van der Waals surface area (Å²) in [6, 6.07) is 6.07. The van der Waals surface area contributed by atoms with Crippen LogP contribution in [-0.4, -0.2) is 43.0 Å². The van der Waals surface area contributed by atoms with E-state index in [1.807, 2.05) is 19.1 Å². The van der Waals surface area contributed by atoms with E-state index in [2.05, 4.69) is 10.6 Å². The lowest BCUT2D eigenvalue weighted by Gasteiger charge is -2.21. The molecule has 1 aliphatic carbocycles. The second-order valence-electron chi connectivity index (χ2n) is 8.50. The van der Waals surface area contributed by atoms with Gasteiger partial charge < -0.3 is 20.1 Å². The minimum atomic E-state index is -0.915. The van der Waals surface area contributed by atoms with Crippen LogP contribution in [0.1, 0.15) is 63.9 Å². The van der Waals surface area contributed by atoms with Crippen molar-refractivity contribution < 1.29 is 28.7 Å². The molecule has 1 unspecified atom stereocenters. The van der Waals surface area contributed by atoms with Gasteiger partial charge >= 0.3 is 11.9 Å². The minimum Gasteiger partial charge on any atom is -0.462 e. The molecule has 0 saturated heterocycles. The van der Waals surface area contributed by atoms with Crippen LogP contribution in [0.25, 0.3) is 0 Å². The number of esters is 2. The second kappa shape index (κ2) is 11.3. The largest absolute Gasteiger partial charge is 0.462 e. The van der Waals surface area contributed by atoms with E-state index in [1.54, 1.807) is 32.9 Å². The molecule has 1 atom stereocenters. The molecule has 8 nitrogen and oxygen atoms in total. The number of hydrogen-bond donors (Lipinski definition) is 2. The SMILES string of the molecule is CCOC(=O)c1c(NC(=O)COC(=O)C(NC(=O)c2ccc(C)cc2)C(C)C)sc2c1CCC2. The zero-order chi connectivity index (χ0) is 24.8. The number of thiophene rings is 1. The first kappa shape index (κ1) is 25.4. The Morgan fingerprint density at radius 2 is 1.76 bits per heavy atom. The van der Waals surface area contributed by atoms with E-state index < -0.39 is 36.4 Å². The predicted octanol–water partition coefficient (Wildman–Crippen LogP) is 3.66. The third-order valence-corrected chi connectivity index (χ3v) is 6.73. The van der Waals surface area contributed by atoms with Crippen molar-refractivity contribution in [2.24, 2.45) is 5.92 Å². The number of nitrogens with one attached hydrogen (secondary N) is 2. The molecule has 1 heterocycles. The van der Waals surface area contributed by atoms with E-state index in [-0.39, 0.29) is 12.5 Å². The zero-order valence-electron chi connectivity index (χ0n) is 19.9. The van der Waals surface area contributed by atoms with Gasteiger partial charge in [0.2, 0.25) is 0 Å². The Balaban J connectivity index is 1.61. The number of fused-ring (bicyclic) bond motifs is 1. The van der Waals surface area contributed by atoms with Gasteiger partial charge in [-0.1, -0.05) is 31.5 Å². The molecule has 182 valence electrons. The highest BCUT2D eigenvalue weighted by Crippen LogP contribution is 2.39. The van der Waals surface area contributed by atoms with Crippen molar-refractivity contribution in [2.45, 2.75) is 53.0 Å². The van der Waals surface area contributed by atoms with Crippen molar-refractivity contribution in [3.63, 3.8) is 0 Å².